The number of rotatable bonds is 4. The highest BCUT2D eigenvalue weighted by Gasteiger charge is 2.26. The second-order valence-corrected chi connectivity index (χ2v) is 6.27. The number of hydrogen-bond donors (Lipinski definition) is 1. The first-order valence-electron chi connectivity index (χ1n) is 8.06. The number of aromatic nitrogens is 2. The third kappa shape index (κ3) is 4.24. The maximum absolute atomic E-state index is 13.1. The standard InChI is InChI=1S/C17H19ClFN5O/c1-12(16(25)22-15-4-3-13(19)11-14(15)18)23-7-9-24(10-8-23)17-20-5-2-6-21-17/h2-6,11-12H,7-10H2,1H3,(H,22,25). The smallest absolute Gasteiger partial charge is 0.241 e. The molecule has 0 saturated carbocycles. The second kappa shape index (κ2) is 7.76. The van der Waals surface area contributed by atoms with Crippen molar-refractivity contribution in [2.45, 2.75) is 13.0 Å². The SMILES string of the molecule is CC(C(=O)Nc1ccc(F)cc1Cl)N1CCN(c2ncccn2)CC1. The van der Waals surface area contributed by atoms with Crippen molar-refractivity contribution in [3.05, 3.63) is 47.5 Å². The molecule has 1 saturated heterocycles. The Morgan fingerprint density at radius 3 is 2.56 bits per heavy atom. The Labute approximate surface area is 150 Å². The molecule has 1 aliphatic rings. The number of anilines is 2. The van der Waals surface area contributed by atoms with Crippen molar-refractivity contribution in [2.75, 3.05) is 36.4 Å². The van der Waals surface area contributed by atoms with E-state index in [1.807, 2.05) is 6.92 Å². The second-order valence-electron chi connectivity index (χ2n) is 5.86. The van der Waals surface area contributed by atoms with Crippen molar-refractivity contribution < 1.29 is 9.18 Å². The highest BCUT2D eigenvalue weighted by molar-refractivity contribution is 6.33. The van der Waals surface area contributed by atoms with E-state index in [1.54, 1.807) is 18.5 Å². The summed E-state index contributed by atoms with van der Waals surface area (Å²) in [6.07, 6.45) is 3.44. The van der Waals surface area contributed by atoms with Gasteiger partial charge in [-0.25, -0.2) is 14.4 Å². The van der Waals surface area contributed by atoms with Gasteiger partial charge in [0, 0.05) is 38.6 Å². The summed E-state index contributed by atoms with van der Waals surface area (Å²) in [6, 6.07) is 5.38. The summed E-state index contributed by atoms with van der Waals surface area (Å²) in [7, 11) is 0. The summed E-state index contributed by atoms with van der Waals surface area (Å²) in [5.74, 6) is 0.102. The van der Waals surface area contributed by atoms with Crippen LogP contribution in [0.25, 0.3) is 0 Å². The van der Waals surface area contributed by atoms with E-state index in [-0.39, 0.29) is 17.0 Å². The zero-order valence-electron chi connectivity index (χ0n) is 13.8. The van der Waals surface area contributed by atoms with E-state index in [4.69, 9.17) is 11.6 Å². The monoisotopic (exact) mass is 363 g/mol. The fourth-order valence-corrected chi connectivity index (χ4v) is 2.97. The third-order valence-electron chi connectivity index (χ3n) is 4.27. The topological polar surface area (TPSA) is 61.4 Å². The van der Waals surface area contributed by atoms with E-state index in [0.717, 1.165) is 26.2 Å². The van der Waals surface area contributed by atoms with Gasteiger partial charge in [-0.2, -0.15) is 0 Å². The molecule has 0 bridgehead atoms. The van der Waals surface area contributed by atoms with Crippen LogP contribution in [0, 0.1) is 5.82 Å². The molecule has 3 rings (SSSR count). The summed E-state index contributed by atoms with van der Waals surface area (Å²) in [6.45, 7) is 4.80. The number of nitrogens with one attached hydrogen (secondary N) is 1. The lowest BCUT2D eigenvalue weighted by Crippen LogP contribution is -2.53. The molecule has 132 valence electrons. The van der Waals surface area contributed by atoms with Crippen molar-refractivity contribution in [1.82, 2.24) is 14.9 Å². The Morgan fingerprint density at radius 1 is 1.24 bits per heavy atom. The number of benzene rings is 1. The first-order chi connectivity index (χ1) is 12.0. The fourth-order valence-electron chi connectivity index (χ4n) is 2.76. The minimum Gasteiger partial charge on any atom is -0.338 e. The van der Waals surface area contributed by atoms with Crippen molar-refractivity contribution in [3.63, 3.8) is 0 Å². The lowest BCUT2D eigenvalue weighted by molar-refractivity contribution is -0.120. The molecule has 1 N–H and O–H groups in total. The Morgan fingerprint density at radius 2 is 1.92 bits per heavy atom. The van der Waals surface area contributed by atoms with E-state index >= 15 is 0 Å². The van der Waals surface area contributed by atoms with Gasteiger partial charge in [-0.05, 0) is 31.2 Å². The number of hydrogen-bond acceptors (Lipinski definition) is 5. The molecule has 0 aliphatic carbocycles. The number of halogens is 2. The summed E-state index contributed by atoms with van der Waals surface area (Å²) in [4.78, 5) is 25.1. The van der Waals surface area contributed by atoms with Crippen molar-refractivity contribution >= 4 is 29.1 Å². The lowest BCUT2D eigenvalue weighted by atomic mass is 10.2. The largest absolute Gasteiger partial charge is 0.338 e. The summed E-state index contributed by atoms with van der Waals surface area (Å²) in [5.41, 5.74) is 0.413. The molecule has 25 heavy (non-hydrogen) atoms. The van der Waals surface area contributed by atoms with E-state index in [9.17, 15) is 9.18 Å². The van der Waals surface area contributed by atoms with Crippen LogP contribution in [0.2, 0.25) is 5.02 Å². The van der Waals surface area contributed by atoms with Crippen LogP contribution in [0.15, 0.2) is 36.7 Å². The maximum Gasteiger partial charge on any atom is 0.241 e. The van der Waals surface area contributed by atoms with Crippen LogP contribution in [0.3, 0.4) is 0 Å². The molecule has 1 amide bonds. The van der Waals surface area contributed by atoms with Crippen molar-refractivity contribution in [2.24, 2.45) is 0 Å². The molecule has 1 aromatic carbocycles. The zero-order valence-corrected chi connectivity index (χ0v) is 14.6. The fraction of sp³-hybridized carbons (Fsp3) is 0.353. The number of nitrogens with zero attached hydrogens (tertiary/aromatic N) is 4. The van der Waals surface area contributed by atoms with E-state index < -0.39 is 5.82 Å². The van der Waals surface area contributed by atoms with Crippen molar-refractivity contribution in [3.8, 4) is 0 Å². The quantitative estimate of drug-likeness (QED) is 0.904. The minimum atomic E-state index is -0.435. The zero-order chi connectivity index (χ0) is 17.8. The van der Waals surface area contributed by atoms with Crippen LogP contribution >= 0.6 is 11.6 Å². The van der Waals surface area contributed by atoms with Crippen LogP contribution in [0.5, 0.6) is 0 Å². The minimum absolute atomic E-state index is 0.169. The van der Waals surface area contributed by atoms with Gasteiger partial charge < -0.3 is 10.2 Å². The highest BCUT2D eigenvalue weighted by Crippen LogP contribution is 2.23. The van der Waals surface area contributed by atoms with Crippen molar-refractivity contribution in [1.29, 1.82) is 0 Å². The molecule has 2 aromatic rings. The molecule has 8 heteroatoms. The molecular formula is C17H19ClFN5O. The number of amides is 1. The lowest BCUT2D eigenvalue weighted by Gasteiger charge is -2.37. The molecule has 0 radical (unpaired) electrons. The Hall–Kier alpha value is -2.25. The number of piperazine rings is 1. The van der Waals surface area contributed by atoms with Gasteiger partial charge >= 0.3 is 0 Å². The third-order valence-corrected chi connectivity index (χ3v) is 4.58. The number of carbonyl (C=O) groups is 1. The molecule has 6 nitrogen and oxygen atoms in total. The summed E-state index contributed by atoms with van der Waals surface area (Å²) < 4.78 is 13.1. The van der Waals surface area contributed by atoms with Gasteiger partial charge in [0.1, 0.15) is 5.82 Å². The molecule has 1 aromatic heterocycles. The predicted molar refractivity (Wildman–Crippen MR) is 95.3 cm³/mol. The van der Waals surface area contributed by atoms with E-state index in [1.165, 1.54) is 18.2 Å². The molecule has 1 aliphatic heterocycles. The average Bonchev–Trinajstić information content (AvgIpc) is 2.64. The van der Waals surface area contributed by atoms with Crippen LogP contribution in [0.4, 0.5) is 16.0 Å². The molecular weight excluding hydrogens is 345 g/mol. The van der Waals surface area contributed by atoms with Gasteiger partial charge in [-0.1, -0.05) is 11.6 Å². The Balaban J connectivity index is 1.56. The molecule has 2 heterocycles. The Kier molecular flexibility index (Phi) is 5.45. The first-order valence-corrected chi connectivity index (χ1v) is 8.44. The summed E-state index contributed by atoms with van der Waals surface area (Å²) in [5, 5.41) is 2.95. The van der Waals surface area contributed by atoms with Gasteiger partial charge in [-0.15, -0.1) is 0 Å². The van der Waals surface area contributed by atoms with Crippen LogP contribution in [-0.4, -0.2) is 53.0 Å². The van der Waals surface area contributed by atoms with E-state index in [0.29, 0.717) is 11.6 Å². The van der Waals surface area contributed by atoms with E-state index in [2.05, 4.69) is 25.1 Å². The summed E-state index contributed by atoms with van der Waals surface area (Å²) >= 11 is 5.96. The Bertz CT molecular complexity index is 737. The molecule has 1 fully saturated rings. The van der Waals surface area contributed by atoms with Crippen LogP contribution in [0.1, 0.15) is 6.92 Å². The van der Waals surface area contributed by atoms with Gasteiger partial charge in [0.15, 0.2) is 0 Å². The van der Waals surface area contributed by atoms with Gasteiger partial charge in [0.05, 0.1) is 16.8 Å². The predicted octanol–water partition coefficient (Wildman–Crippen LogP) is 2.42. The average molecular weight is 364 g/mol. The van der Waals surface area contributed by atoms with Crippen LogP contribution in [-0.2, 0) is 4.79 Å². The molecule has 1 unspecified atom stereocenters. The normalized spacial score (nSPS) is 16.5. The maximum atomic E-state index is 13.1. The highest BCUT2D eigenvalue weighted by atomic mass is 35.5. The molecule has 0 spiro atoms. The van der Waals surface area contributed by atoms with Crippen LogP contribution < -0.4 is 10.2 Å². The number of carbonyl (C=O) groups excluding carboxylic acids is 1. The molecule has 1 atom stereocenters. The van der Waals surface area contributed by atoms with Gasteiger partial charge in [0.2, 0.25) is 11.9 Å². The first kappa shape index (κ1) is 17.6. The van der Waals surface area contributed by atoms with Gasteiger partial charge in [0.25, 0.3) is 0 Å². The van der Waals surface area contributed by atoms with Gasteiger partial charge in [-0.3, -0.25) is 9.69 Å².